The van der Waals surface area contributed by atoms with Crippen molar-refractivity contribution in [3.05, 3.63) is 89.8 Å². The summed E-state index contributed by atoms with van der Waals surface area (Å²) in [6.45, 7) is 18.5. The van der Waals surface area contributed by atoms with Crippen LogP contribution >= 0.6 is 11.3 Å². The Balaban J connectivity index is 0.000000334. The first-order chi connectivity index (χ1) is 21.6. The molecular formula is C40H45F3IrNO2S-. The number of aromatic nitrogens is 1. The Labute approximate surface area is 300 Å². The summed E-state index contributed by atoms with van der Waals surface area (Å²) in [5, 5.41) is 14.3. The van der Waals surface area contributed by atoms with E-state index < -0.39 is 17.4 Å². The number of halogens is 3. The van der Waals surface area contributed by atoms with Gasteiger partial charge in [0.15, 0.2) is 5.78 Å². The summed E-state index contributed by atoms with van der Waals surface area (Å²) in [4.78, 5) is 16.2. The Morgan fingerprint density at radius 3 is 2.08 bits per heavy atom. The maximum absolute atomic E-state index is 12.4. The Hall–Kier alpha value is -3.06. The van der Waals surface area contributed by atoms with Crippen LogP contribution in [0.2, 0.25) is 0 Å². The zero-order valence-corrected chi connectivity index (χ0v) is 32.5. The molecule has 0 aliphatic rings. The topological polar surface area (TPSA) is 50.2 Å². The van der Waals surface area contributed by atoms with Crippen molar-refractivity contribution in [2.45, 2.75) is 87.2 Å². The molecule has 2 heterocycles. The minimum absolute atomic E-state index is 0. The van der Waals surface area contributed by atoms with Gasteiger partial charge in [-0.25, -0.2) is 0 Å². The summed E-state index contributed by atoms with van der Waals surface area (Å²) in [5.74, 6) is -1.84. The van der Waals surface area contributed by atoms with E-state index in [-0.39, 0.29) is 42.6 Å². The first kappa shape index (κ1) is 39.4. The average Bonchev–Trinajstić information content (AvgIpc) is 3.35. The number of aliphatic hydroxyl groups is 1. The fourth-order valence-electron chi connectivity index (χ4n) is 5.28. The van der Waals surface area contributed by atoms with Crippen LogP contribution in [-0.2, 0) is 36.7 Å². The van der Waals surface area contributed by atoms with Crippen LogP contribution in [0, 0.1) is 22.8 Å². The molecule has 0 saturated heterocycles. The van der Waals surface area contributed by atoms with Crippen molar-refractivity contribution in [2.75, 3.05) is 0 Å². The zero-order chi connectivity index (χ0) is 35.1. The van der Waals surface area contributed by atoms with Gasteiger partial charge in [-0.2, -0.15) is 13.2 Å². The number of nitrogens with zero attached hydrogens (tertiary/aromatic N) is 1. The van der Waals surface area contributed by atoms with Crippen LogP contribution < -0.4 is 0 Å². The van der Waals surface area contributed by atoms with Crippen LogP contribution in [0.5, 0.6) is 0 Å². The predicted molar refractivity (Wildman–Crippen MR) is 191 cm³/mol. The van der Waals surface area contributed by atoms with E-state index in [1.807, 2.05) is 17.5 Å². The number of ketones is 1. The summed E-state index contributed by atoms with van der Waals surface area (Å²) in [5.41, 5.74) is 2.73. The number of carbonyl (C=O) groups excluding carboxylic acids is 1. The predicted octanol–water partition coefficient (Wildman–Crippen LogP) is 12.2. The molecule has 259 valence electrons. The van der Waals surface area contributed by atoms with E-state index in [2.05, 4.69) is 102 Å². The van der Waals surface area contributed by atoms with Crippen molar-refractivity contribution in [3.63, 3.8) is 0 Å². The van der Waals surface area contributed by atoms with Crippen molar-refractivity contribution >= 4 is 48.1 Å². The van der Waals surface area contributed by atoms with Crippen molar-refractivity contribution < 1.29 is 43.2 Å². The van der Waals surface area contributed by atoms with Gasteiger partial charge >= 0.3 is 6.18 Å². The molecule has 0 spiro atoms. The first-order valence-corrected chi connectivity index (χ1v) is 16.7. The second-order valence-electron chi connectivity index (χ2n) is 15.3. The number of aliphatic hydroxyl groups excluding tert-OH is 1. The minimum atomic E-state index is -4.61. The second kappa shape index (κ2) is 14.4. The molecule has 0 unspecified atom stereocenters. The number of hydrogen-bond acceptors (Lipinski definition) is 4. The smallest absolute Gasteiger partial charge is 0.401 e. The van der Waals surface area contributed by atoms with E-state index in [1.165, 1.54) is 36.7 Å². The monoisotopic (exact) mass is 853 g/mol. The molecule has 1 radical (unpaired) electrons. The average molecular weight is 853 g/mol. The van der Waals surface area contributed by atoms with Crippen molar-refractivity contribution in [1.29, 1.82) is 0 Å². The quantitative estimate of drug-likeness (QED) is 0.109. The first-order valence-electron chi connectivity index (χ1n) is 15.9. The molecule has 0 atom stereocenters. The van der Waals surface area contributed by atoms with Gasteiger partial charge in [-0.3, -0.25) is 9.78 Å². The number of allylic oxidation sites excluding steroid dienone is 2. The molecule has 0 fully saturated rings. The maximum atomic E-state index is 12.4. The molecule has 3 nitrogen and oxygen atoms in total. The molecular weight excluding hydrogens is 808 g/mol. The van der Waals surface area contributed by atoms with Gasteiger partial charge in [0, 0.05) is 58.8 Å². The van der Waals surface area contributed by atoms with Crippen LogP contribution in [-0.4, -0.2) is 22.1 Å². The summed E-state index contributed by atoms with van der Waals surface area (Å²) in [6.07, 6.45) is -0.938. The number of pyridine rings is 1. The number of hydrogen-bond donors (Lipinski definition) is 1. The van der Waals surface area contributed by atoms with Gasteiger partial charge in [0.2, 0.25) is 0 Å². The standard InChI is InChI=1S/C30H30NS.C10H15F3O2.Ir/c1-29(2,3)18-20-11-9-13-23-24-14-15-31-26(28(24)32-27(20)23)21-16-19-10-7-8-12-22(19)25(17-21)30(4,5)6;1-6(2)7(14)5-8(15)9(3,4)10(11,12)13;/h7-15,17H,18H2,1-6H3;5-6,14H,1-4H3;/q-1;;/b;7-5-;. The number of carbonyl (C=O) groups is 1. The van der Waals surface area contributed by atoms with Crippen LogP contribution in [0.15, 0.2) is 72.6 Å². The van der Waals surface area contributed by atoms with E-state index in [0.717, 1.165) is 36.9 Å². The fourth-order valence-corrected chi connectivity index (χ4v) is 6.60. The van der Waals surface area contributed by atoms with Gasteiger partial charge in [0.1, 0.15) is 5.41 Å². The molecule has 3 aromatic carbocycles. The summed E-state index contributed by atoms with van der Waals surface area (Å²) in [6, 6.07) is 23.5. The van der Waals surface area contributed by atoms with E-state index in [0.29, 0.717) is 6.08 Å². The number of alkyl halides is 3. The summed E-state index contributed by atoms with van der Waals surface area (Å²) >= 11 is 1.89. The van der Waals surface area contributed by atoms with Crippen LogP contribution in [0.1, 0.15) is 80.4 Å². The van der Waals surface area contributed by atoms with Gasteiger partial charge in [0.25, 0.3) is 0 Å². The van der Waals surface area contributed by atoms with Crippen LogP contribution in [0.25, 0.3) is 42.2 Å². The molecule has 0 amide bonds. The van der Waals surface area contributed by atoms with Crippen LogP contribution in [0.3, 0.4) is 0 Å². The number of rotatable bonds is 5. The molecule has 0 saturated carbocycles. The Bertz CT molecular complexity index is 1960. The number of fused-ring (bicyclic) bond motifs is 4. The molecule has 0 aliphatic carbocycles. The Kier molecular flexibility index (Phi) is 11.8. The van der Waals surface area contributed by atoms with Gasteiger partial charge in [-0.05, 0) is 48.1 Å². The largest absolute Gasteiger partial charge is 0.512 e. The van der Waals surface area contributed by atoms with Gasteiger partial charge in [-0.15, -0.1) is 40.5 Å². The van der Waals surface area contributed by atoms with E-state index in [9.17, 15) is 23.1 Å². The van der Waals surface area contributed by atoms with Crippen molar-refractivity contribution in [1.82, 2.24) is 4.98 Å². The molecule has 1 N–H and O–H groups in total. The van der Waals surface area contributed by atoms with E-state index in [4.69, 9.17) is 4.98 Å². The summed E-state index contributed by atoms with van der Waals surface area (Å²) in [7, 11) is 0. The van der Waals surface area contributed by atoms with Crippen LogP contribution in [0.4, 0.5) is 13.2 Å². The van der Waals surface area contributed by atoms with Gasteiger partial charge in [-0.1, -0.05) is 103 Å². The Morgan fingerprint density at radius 2 is 1.50 bits per heavy atom. The molecule has 5 aromatic rings. The van der Waals surface area contributed by atoms with Gasteiger partial charge in [0.05, 0.1) is 5.76 Å². The number of benzene rings is 3. The van der Waals surface area contributed by atoms with E-state index in [1.54, 1.807) is 13.8 Å². The van der Waals surface area contributed by atoms with Crippen molar-refractivity contribution in [3.8, 4) is 11.3 Å². The third kappa shape index (κ3) is 8.56. The summed E-state index contributed by atoms with van der Waals surface area (Å²) < 4.78 is 39.9. The van der Waals surface area contributed by atoms with Gasteiger partial charge < -0.3 is 5.11 Å². The zero-order valence-electron chi connectivity index (χ0n) is 29.3. The van der Waals surface area contributed by atoms with Crippen molar-refractivity contribution in [2.24, 2.45) is 16.7 Å². The SMILES string of the molecule is CC(C)(C)Cc1cccc2c1sc1c(-c3[c-]c4ccccc4c(C(C)(C)C)c3)nccc12.CC(C)/C(O)=C/C(=O)C(C)(C)C(F)(F)F.[Ir]. The van der Waals surface area contributed by atoms with E-state index >= 15 is 0 Å². The number of thiophene rings is 1. The second-order valence-corrected chi connectivity index (χ2v) is 16.3. The maximum Gasteiger partial charge on any atom is 0.401 e. The molecule has 5 rings (SSSR count). The molecule has 48 heavy (non-hydrogen) atoms. The molecule has 0 bridgehead atoms. The third-order valence-corrected chi connectivity index (χ3v) is 9.55. The Morgan fingerprint density at radius 1 is 0.896 bits per heavy atom. The normalized spacial score (nSPS) is 13.1. The molecule has 0 aliphatic heterocycles. The molecule has 2 aromatic heterocycles. The minimum Gasteiger partial charge on any atom is -0.512 e. The third-order valence-electron chi connectivity index (χ3n) is 8.25. The molecule has 8 heteroatoms. The fraction of sp³-hybridized carbons (Fsp3) is 0.400.